The van der Waals surface area contributed by atoms with Gasteiger partial charge in [-0.25, -0.2) is 4.79 Å². The van der Waals surface area contributed by atoms with Crippen LogP contribution in [-0.4, -0.2) is 30.8 Å². The van der Waals surface area contributed by atoms with Crippen LogP contribution in [0.3, 0.4) is 0 Å². The van der Waals surface area contributed by atoms with Gasteiger partial charge >= 0.3 is 5.97 Å². The van der Waals surface area contributed by atoms with Gasteiger partial charge in [0.05, 0.1) is 18.8 Å². The van der Waals surface area contributed by atoms with Gasteiger partial charge in [0.25, 0.3) is 0 Å². The maximum absolute atomic E-state index is 11.3. The Hall–Kier alpha value is -1.39. The number of aliphatic hydroxyl groups is 1. The summed E-state index contributed by atoms with van der Waals surface area (Å²) in [6.07, 6.45) is 0.493. The average molecular weight is 265 g/mol. The predicted octanol–water partition coefficient (Wildman–Crippen LogP) is 1.97. The molecule has 0 bridgehead atoms. The van der Waals surface area contributed by atoms with E-state index in [1.54, 1.807) is 12.1 Å². The summed E-state index contributed by atoms with van der Waals surface area (Å²) in [6, 6.07) is 7.31. The molecule has 0 aromatic heterocycles. The normalized spacial score (nSPS) is 12.5. The molecule has 0 aliphatic heterocycles. The number of rotatable bonds is 7. The van der Waals surface area contributed by atoms with Crippen LogP contribution in [0.2, 0.25) is 0 Å². The quantitative estimate of drug-likeness (QED) is 0.584. The molecule has 0 amide bonds. The topological polar surface area (TPSA) is 58.6 Å². The van der Waals surface area contributed by atoms with Crippen molar-refractivity contribution in [2.45, 2.75) is 32.9 Å². The minimum atomic E-state index is -0.320. The molecule has 4 nitrogen and oxygen atoms in total. The first-order chi connectivity index (χ1) is 9.04. The summed E-state index contributed by atoms with van der Waals surface area (Å²) < 4.78 is 4.64. The van der Waals surface area contributed by atoms with Crippen molar-refractivity contribution in [1.29, 1.82) is 0 Å². The number of aliphatic hydroxyl groups excluding tert-OH is 1. The van der Waals surface area contributed by atoms with Gasteiger partial charge in [-0.3, -0.25) is 0 Å². The first-order valence-corrected chi connectivity index (χ1v) is 6.60. The molecule has 1 atom stereocenters. The fourth-order valence-electron chi connectivity index (χ4n) is 1.69. The Morgan fingerprint density at radius 2 is 1.95 bits per heavy atom. The van der Waals surface area contributed by atoms with E-state index in [0.29, 0.717) is 11.5 Å². The molecule has 0 fully saturated rings. The zero-order valence-corrected chi connectivity index (χ0v) is 11.8. The van der Waals surface area contributed by atoms with Crippen molar-refractivity contribution in [2.24, 2.45) is 5.92 Å². The lowest BCUT2D eigenvalue weighted by molar-refractivity contribution is 0.0600. The number of carbonyl (C=O) groups is 1. The molecule has 1 aromatic carbocycles. The molecule has 0 aliphatic rings. The van der Waals surface area contributed by atoms with Crippen molar-refractivity contribution in [1.82, 2.24) is 5.32 Å². The molecule has 1 unspecified atom stereocenters. The molecule has 106 valence electrons. The smallest absolute Gasteiger partial charge is 0.337 e. The third-order valence-electron chi connectivity index (χ3n) is 3.09. The summed E-state index contributed by atoms with van der Waals surface area (Å²) in [4.78, 5) is 11.3. The van der Waals surface area contributed by atoms with Crippen molar-refractivity contribution < 1.29 is 14.6 Å². The van der Waals surface area contributed by atoms with E-state index in [0.717, 1.165) is 25.1 Å². The fourth-order valence-corrected chi connectivity index (χ4v) is 1.69. The van der Waals surface area contributed by atoms with Crippen molar-refractivity contribution in [3.05, 3.63) is 35.4 Å². The van der Waals surface area contributed by atoms with Crippen molar-refractivity contribution in [3.63, 3.8) is 0 Å². The highest BCUT2D eigenvalue weighted by Gasteiger charge is 2.08. The molecular formula is C15H23NO3. The Labute approximate surface area is 114 Å². The molecule has 2 N–H and O–H groups in total. The van der Waals surface area contributed by atoms with E-state index >= 15 is 0 Å². The van der Waals surface area contributed by atoms with Gasteiger partial charge < -0.3 is 15.2 Å². The average Bonchev–Trinajstić information content (AvgIpc) is 2.43. The van der Waals surface area contributed by atoms with Gasteiger partial charge in [0, 0.05) is 6.54 Å². The number of ether oxygens (including phenoxy) is 1. The van der Waals surface area contributed by atoms with Gasteiger partial charge in [-0.05, 0) is 36.6 Å². The second-order valence-electron chi connectivity index (χ2n) is 4.97. The Morgan fingerprint density at radius 3 is 2.47 bits per heavy atom. The van der Waals surface area contributed by atoms with Crippen molar-refractivity contribution in [3.8, 4) is 0 Å². The predicted molar refractivity (Wildman–Crippen MR) is 75.0 cm³/mol. The van der Waals surface area contributed by atoms with Gasteiger partial charge in [0.2, 0.25) is 0 Å². The molecule has 0 saturated carbocycles. The minimum absolute atomic E-state index is 0.255. The third-order valence-corrected chi connectivity index (χ3v) is 3.09. The monoisotopic (exact) mass is 265 g/mol. The van der Waals surface area contributed by atoms with E-state index in [4.69, 9.17) is 0 Å². The van der Waals surface area contributed by atoms with E-state index in [1.807, 2.05) is 26.0 Å². The highest BCUT2D eigenvalue weighted by atomic mass is 16.5. The van der Waals surface area contributed by atoms with Crippen LogP contribution in [-0.2, 0) is 11.3 Å². The third kappa shape index (κ3) is 5.41. The molecule has 0 heterocycles. The van der Waals surface area contributed by atoms with Gasteiger partial charge in [-0.15, -0.1) is 0 Å². The van der Waals surface area contributed by atoms with Gasteiger partial charge in [-0.1, -0.05) is 26.0 Å². The number of esters is 1. The molecule has 1 aromatic rings. The standard InChI is InChI=1S/C15H23NO3/c1-11(2)14(17)8-9-16-10-12-4-6-13(7-5-12)15(18)19-3/h4-7,11,14,16-17H,8-10H2,1-3H3. The van der Waals surface area contributed by atoms with Gasteiger partial charge in [0.1, 0.15) is 0 Å². The largest absolute Gasteiger partial charge is 0.465 e. The summed E-state index contributed by atoms with van der Waals surface area (Å²) in [5, 5.41) is 12.9. The molecule has 1 rings (SSSR count). The zero-order chi connectivity index (χ0) is 14.3. The fraction of sp³-hybridized carbons (Fsp3) is 0.533. The summed E-state index contributed by atoms with van der Waals surface area (Å²) in [7, 11) is 1.37. The van der Waals surface area contributed by atoms with Crippen molar-refractivity contribution >= 4 is 5.97 Å². The number of methoxy groups -OCH3 is 1. The summed E-state index contributed by atoms with van der Waals surface area (Å²) in [5.41, 5.74) is 1.66. The summed E-state index contributed by atoms with van der Waals surface area (Å²) in [5.74, 6) is -0.0271. The lowest BCUT2D eigenvalue weighted by Gasteiger charge is -2.14. The number of hydrogen-bond donors (Lipinski definition) is 2. The highest BCUT2D eigenvalue weighted by Crippen LogP contribution is 2.07. The van der Waals surface area contributed by atoms with Crippen LogP contribution >= 0.6 is 0 Å². The Balaban J connectivity index is 2.32. The lowest BCUT2D eigenvalue weighted by Crippen LogP contribution is -2.23. The molecule has 19 heavy (non-hydrogen) atoms. The molecule has 0 aliphatic carbocycles. The second-order valence-corrected chi connectivity index (χ2v) is 4.97. The first-order valence-electron chi connectivity index (χ1n) is 6.60. The van der Waals surface area contributed by atoms with E-state index in [-0.39, 0.29) is 12.1 Å². The molecule has 0 radical (unpaired) electrons. The maximum Gasteiger partial charge on any atom is 0.337 e. The number of carbonyl (C=O) groups excluding carboxylic acids is 1. The SMILES string of the molecule is COC(=O)c1ccc(CNCCC(O)C(C)C)cc1. The van der Waals surface area contributed by atoms with Crippen LogP contribution in [0.4, 0.5) is 0 Å². The van der Waals surface area contributed by atoms with E-state index in [2.05, 4.69) is 10.1 Å². The highest BCUT2D eigenvalue weighted by molar-refractivity contribution is 5.89. The van der Waals surface area contributed by atoms with Crippen LogP contribution in [0.5, 0.6) is 0 Å². The number of nitrogens with one attached hydrogen (secondary N) is 1. The van der Waals surface area contributed by atoms with E-state index in [9.17, 15) is 9.90 Å². The molecule has 0 saturated heterocycles. The van der Waals surface area contributed by atoms with Gasteiger partial charge in [-0.2, -0.15) is 0 Å². The van der Waals surface area contributed by atoms with Crippen LogP contribution < -0.4 is 5.32 Å². The number of hydrogen-bond acceptors (Lipinski definition) is 4. The Bertz CT molecular complexity index is 387. The zero-order valence-electron chi connectivity index (χ0n) is 11.8. The van der Waals surface area contributed by atoms with Crippen LogP contribution in [0, 0.1) is 5.92 Å². The van der Waals surface area contributed by atoms with Crippen LogP contribution in [0.15, 0.2) is 24.3 Å². The van der Waals surface area contributed by atoms with Crippen LogP contribution in [0.25, 0.3) is 0 Å². The minimum Gasteiger partial charge on any atom is -0.465 e. The second kappa shape index (κ2) is 7.92. The maximum atomic E-state index is 11.3. The summed E-state index contributed by atoms with van der Waals surface area (Å²) >= 11 is 0. The lowest BCUT2D eigenvalue weighted by atomic mass is 10.0. The Kier molecular flexibility index (Phi) is 6.53. The molecular weight excluding hydrogens is 242 g/mol. The van der Waals surface area contributed by atoms with E-state index in [1.165, 1.54) is 7.11 Å². The Morgan fingerprint density at radius 1 is 1.32 bits per heavy atom. The summed E-state index contributed by atoms with van der Waals surface area (Å²) in [6.45, 7) is 5.52. The number of benzene rings is 1. The van der Waals surface area contributed by atoms with Crippen LogP contribution in [0.1, 0.15) is 36.2 Å². The molecule has 0 spiro atoms. The first kappa shape index (κ1) is 15.7. The van der Waals surface area contributed by atoms with Crippen molar-refractivity contribution in [2.75, 3.05) is 13.7 Å². The van der Waals surface area contributed by atoms with E-state index < -0.39 is 0 Å². The molecule has 4 heteroatoms. The van der Waals surface area contributed by atoms with Gasteiger partial charge in [0.15, 0.2) is 0 Å².